The molecule has 1 N–H and O–H groups in total. The molecular weight excluding hydrogens is 472 g/mol. The van der Waals surface area contributed by atoms with Gasteiger partial charge in [0.2, 0.25) is 5.91 Å². The summed E-state index contributed by atoms with van der Waals surface area (Å²) in [6.07, 6.45) is 3.41. The maximum atomic E-state index is 13.2. The number of hydrogen-bond acceptors (Lipinski definition) is 3. The van der Waals surface area contributed by atoms with Gasteiger partial charge in [-0.2, -0.15) is 13.9 Å². The lowest BCUT2D eigenvalue weighted by molar-refractivity contribution is -0.149. The summed E-state index contributed by atoms with van der Waals surface area (Å²) in [5.41, 5.74) is 0.600. The molecule has 3 atom stereocenters. The van der Waals surface area contributed by atoms with Gasteiger partial charge in [0.05, 0.1) is 11.6 Å². The van der Waals surface area contributed by atoms with Crippen LogP contribution in [0.1, 0.15) is 36.4 Å². The van der Waals surface area contributed by atoms with Crippen molar-refractivity contribution in [2.45, 2.75) is 37.8 Å². The van der Waals surface area contributed by atoms with E-state index in [9.17, 15) is 23.5 Å². The van der Waals surface area contributed by atoms with Gasteiger partial charge in [0.1, 0.15) is 6.04 Å². The van der Waals surface area contributed by atoms with Crippen LogP contribution in [-0.4, -0.2) is 44.3 Å². The standard InChI is InChI=1S/C19H17BrClF2N3O3/c20-11-1-2-12(14(21)6-11)13-7-19(13)3-4-25(17(19)29)15(16(27)28)5-10-8-24-26(9-10)18(22)23/h1-2,6,8-9,13,15,18H,3-5,7H2,(H,27,28)/t13-,15+,19+/m0/s1. The molecule has 2 aliphatic rings. The number of hydrogen-bond donors (Lipinski definition) is 1. The van der Waals surface area contributed by atoms with Crippen LogP contribution >= 0.6 is 27.5 Å². The van der Waals surface area contributed by atoms with Crippen molar-refractivity contribution in [2.24, 2.45) is 5.41 Å². The molecule has 10 heteroatoms. The molecule has 0 bridgehead atoms. The molecule has 1 aliphatic heterocycles. The van der Waals surface area contributed by atoms with E-state index in [-0.39, 0.29) is 18.2 Å². The van der Waals surface area contributed by atoms with E-state index in [4.69, 9.17) is 11.6 Å². The number of alkyl halides is 2. The Morgan fingerprint density at radius 2 is 2.21 bits per heavy atom. The molecule has 2 aromatic rings. The number of carbonyl (C=O) groups is 2. The first-order valence-electron chi connectivity index (χ1n) is 9.03. The third-order valence-electron chi connectivity index (χ3n) is 5.84. The molecule has 1 aromatic carbocycles. The first-order chi connectivity index (χ1) is 13.7. The second kappa shape index (κ2) is 7.36. The Labute approximate surface area is 178 Å². The Hall–Kier alpha value is -2.00. The van der Waals surface area contributed by atoms with E-state index in [1.807, 2.05) is 12.1 Å². The fourth-order valence-corrected chi connectivity index (χ4v) is 5.07. The molecule has 2 heterocycles. The quantitative estimate of drug-likeness (QED) is 0.664. The van der Waals surface area contributed by atoms with Gasteiger partial charge in [0, 0.05) is 34.6 Å². The van der Waals surface area contributed by atoms with E-state index >= 15 is 0 Å². The van der Waals surface area contributed by atoms with E-state index in [2.05, 4.69) is 21.0 Å². The SMILES string of the molecule is O=C(O)[C@@H](Cc1cnn(C(F)F)c1)N1CC[C@]2(C[C@H]2c2ccc(Br)cc2Cl)C1=O. The first kappa shape index (κ1) is 20.3. The van der Waals surface area contributed by atoms with Gasteiger partial charge in [0.15, 0.2) is 0 Å². The zero-order valence-electron chi connectivity index (χ0n) is 15.1. The van der Waals surface area contributed by atoms with Crippen molar-refractivity contribution in [1.82, 2.24) is 14.7 Å². The van der Waals surface area contributed by atoms with Crippen LogP contribution in [0.15, 0.2) is 35.1 Å². The lowest BCUT2D eigenvalue weighted by Gasteiger charge is -2.24. The molecule has 1 aromatic heterocycles. The summed E-state index contributed by atoms with van der Waals surface area (Å²) in [5.74, 6) is -1.43. The van der Waals surface area contributed by atoms with Crippen LogP contribution in [0, 0.1) is 5.41 Å². The van der Waals surface area contributed by atoms with E-state index in [1.54, 1.807) is 6.07 Å². The van der Waals surface area contributed by atoms with E-state index < -0.39 is 24.0 Å². The van der Waals surface area contributed by atoms with Gasteiger partial charge in [-0.3, -0.25) is 4.79 Å². The number of nitrogens with zero attached hydrogens (tertiary/aromatic N) is 3. The highest BCUT2D eigenvalue weighted by Crippen LogP contribution is 2.66. The first-order valence-corrected chi connectivity index (χ1v) is 10.2. The van der Waals surface area contributed by atoms with Crippen molar-refractivity contribution in [2.75, 3.05) is 6.54 Å². The minimum atomic E-state index is -2.80. The van der Waals surface area contributed by atoms with Crippen molar-refractivity contribution >= 4 is 39.4 Å². The van der Waals surface area contributed by atoms with E-state index in [1.165, 1.54) is 11.1 Å². The van der Waals surface area contributed by atoms with Crippen LogP contribution in [0.4, 0.5) is 8.78 Å². The van der Waals surface area contributed by atoms with Crippen LogP contribution in [0.3, 0.4) is 0 Å². The van der Waals surface area contributed by atoms with Gasteiger partial charge < -0.3 is 10.0 Å². The number of amides is 1. The number of carbonyl (C=O) groups excluding carboxylic acids is 1. The fraction of sp³-hybridized carbons (Fsp3) is 0.421. The predicted octanol–water partition coefficient (Wildman–Crippen LogP) is 4.10. The molecule has 1 aliphatic carbocycles. The van der Waals surface area contributed by atoms with Crippen LogP contribution in [0.25, 0.3) is 0 Å². The molecule has 0 radical (unpaired) electrons. The normalized spacial score (nSPS) is 24.5. The Morgan fingerprint density at radius 1 is 1.45 bits per heavy atom. The maximum Gasteiger partial charge on any atom is 0.333 e. The third kappa shape index (κ3) is 3.54. The summed E-state index contributed by atoms with van der Waals surface area (Å²) in [4.78, 5) is 26.4. The second-order valence-corrected chi connectivity index (χ2v) is 8.81. The molecule has 2 fully saturated rings. The summed E-state index contributed by atoms with van der Waals surface area (Å²) in [6.45, 7) is -2.49. The van der Waals surface area contributed by atoms with Crippen molar-refractivity contribution in [3.63, 3.8) is 0 Å². The molecule has 1 saturated heterocycles. The number of likely N-dealkylation sites (tertiary alicyclic amines) is 1. The average Bonchev–Trinajstić information content (AvgIpc) is 3.01. The van der Waals surface area contributed by atoms with Gasteiger partial charge in [0.25, 0.3) is 0 Å². The van der Waals surface area contributed by atoms with Crippen LogP contribution in [-0.2, 0) is 16.0 Å². The second-order valence-electron chi connectivity index (χ2n) is 7.49. The van der Waals surface area contributed by atoms with Crippen molar-refractivity contribution in [3.8, 4) is 0 Å². The summed E-state index contributed by atoms with van der Waals surface area (Å²) >= 11 is 9.70. The monoisotopic (exact) mass is 487 g/mol. The zero-order valence-corrected chi connectivity index (χ0v) is 17.4. The van der Waals surface area contributed by atoms with Gasteiger partial charge in [-0.25, -0.2) is 9.48 Å². The number of benzene rings is 1. The predicted molar refractivity (Wildman–Crippen MR) is 104 cm³/mol. The molecule has 1 spiro atoms. The Balaban J connectivity index is 1.53. The van der Waals surface area contributed by atoms with Crippen molar-refractivity contribution in [1.29, 1.82) is 0 Å². The number of carboxylic acids is 1. The molecule has 154 valence electrons. The summed E-state index contributed by atoms with van der Waals surface area (Å²) in [6, 6.07) is 4.40. The molecular formula is C19H17BrClF2N3O3. The highest BCUT2D eigenvalue weighted by Gasteiger charge is 2.65. The average molecular weight is 489 g/mol. The number of halogens is 4. The van der Waals surface area contributed by atoms with Crippen LogP contribution < -0.4 is 0 Å². The van der Waals surface area contributed by atoms with Gasteiger partial charge in [-0.05, 0) is 36.1 Å². The Kier molecular flexibility index (Phi) is 5.14. The van der Waals surface area contributed by atoms with E-state index in [0.717, 1.165) is 16.2 Å². The maximum absolute atomic E-state index is 13.2. The summed E-state index contributed by atoms with van der Waals surface area (Å²) < 4.78 is 26.7. The van der Waals surface area contributed by atoms with Crippen LogP contribution in [0.2, 0.25) is 5.02 Å². The molecule has 0 unspecified atom stereocenters. The van der Waals surface area contributed by atoms with Crippen molar-refractivity contribution < 1.29 is 23.5 Å². The highest BCUT2D eigenvalue weighted by atomic mass is 79.9. The Bertz CT molecular complexity index is 985. The number of aromatic nitrogens is 2. The smallest absolute Gasteiger partial charge is 0.333 e. The summed E-state index contributed by atoms with van der Waals surface area (Å²) in [7, 11) is 0. The van der Waals surface area contributed by atoms with Crippen LogP contribution in [0.5, 0.6) is 0 Å². The molecule has 1 amide bonds. The number of carboxylic acid groups (broad SMARTS) is 1. The van der Waals surface area contributed by atoms with E-state index in [0.29, 0.717) is 34.7 Å². The Morgan fingerprint density at radius 3 is 2.83 bits per heavy atom. The molecule has 6 nitrogen and oxygen atoms in total. The zero-order chi connectivity index (χ0) is 20.9. The highest BCUT2D eigenvalue weighted by molar-refractivity contribution is 9.10. The van der Waals surface area contributed by atoms with Gasteiger partial charge in [-0.15, -0.1) is 0 Å². The summed E-state index contributed by atoms with van der Waals surface area (Å²) in [5, 5.41) is 13.8. The number of aliphatic carboxylic acids is 1. The topological polar surface area (TPSA) is 75.4 Å². The minimum Gasteiger partial charge on any atom is -0.480 e. The largest absolute Gasteiger partial charge is 0.480 e. The van der Waals surface area contributed by atoms with Gasteiger partial charge in [-0.1, -0.05) is 33.6 Å². The molecule has 4 rings (SSSR count). The molecule has 1 saturated carbocycles. The van der Waals surface area contributed by atoms with Crippen molar-refractivity contribution in [3.05, 3.63) is 51.2 Å². The lowest BCUT2D eigenvalue weighted by Crippen LogP contribution is -2.44. The fourth-order valence-electron chi connectivity index (χ4n) is 4.27. The van der Waals surface area contributed by atoms with Gasteiger partial charge >= 0.3 is 12.5 Å². The number of rotatable bonds is 6. The molecule has 29 heavy (non-hydrogen) atoms. The third-order valence-corrected chi connectivity index (χ3v) is 6.66. The lowest BCUT2D eigenvalue weighted by atomic mass is 9.97. The minimum absolute atomic E-state index is 0.0448.